The van der Waals surface area contributed by atoms with E-state index in [9.17, 15) is 0 Å². The van der Waals surface area contributed by atoms with Crippen molar-refractivity contribution in [1.29, 1.82) is 0 Å². The predicted molar refractivity (Wildman–Crippen MR) is 76.5 cm³/mol. The van der Waals surface area contributed by atoms with Crippen molar-refractivity contribution < 1.29 is 0 Å². The van der Waals surface area contributed by atoms with E-state index in [1.54, 1.807) is 0 Å². The van der Waals surface area contributed by atoms with Gasteiger partial charge in [0.05, 0.1) is 5.52 Å². The predicted octanol–water partition coefficient (Wildman–Crippen LogP) is 1.13. The molecule has 3 rings (SSSR count). The summed E-state index contributed by atoms with van der Waals surface area (Å²) in [5, 5.41) is 0.860. The maximum Gasteiger partial charge on any atom is 0.227 e. The van der Waals surface area contributed by atoms with Crippen molar-refractivity contribution in [2.45, 2.75) is 12.8 Å². The highest BCUT2D eigenvalue weighted by Gasteiger charge is 2.17. The normalized spacial score (nSPS) is 14.8. The molecule has 0 amide bonds. The van der Waals surface area contributed by atoms with Crippen LogP contribution < -0.4 is 16.4 Å². The van der Waals surface area contributed by atoms with Gasteiger partial charge in [0, 0.05) is 18.5 Å². The van der Waals surface area contributed by atoms with Gasteiger partial charge in [0.1, 0.15) is 0 Å². The molecule has 2 aromatic rings. The average Bonchev–Trinajstić information content (AvgIpc) is 2.92. The van der Waals surface area contributed by atoms with Crippen LogP contribution in [0.1, 0.15) is 12.8 Å². The molecular weight excluding hydrogens is 240 g/mol. The van der Waals surface area contributed by atoms with Crippen LogP contribution >= 0.6 is 0 Å². The van der Waals surface area contributed by atoms with Crippen molar-refractivity contribution in [2.75, 3.05) is 18.0 Å². The van der Waals surface area contributed by atoms with Gasteiger partial charge in [0.2, 0.25) is 5.95 Å². The fourth-order valence-electron chi connectivity index (χ4n) is 2.31. The first-order valence-corrected chi connectivity index (χ1v) is 6.35. The molecule has 0 aliphatic carbocycles. The molecule has 6 heteroatoms. The first-order chi connectivity index (χ1) is 9.24. The Morgan fingerprint density at radius 2 is 1.84 bits per heavy atom. The molecule has 4 N–H and O–H groups in total. The molecule has 1 fully saturated rings. The molecule has 0 saturated carbocycles. The number of hydrogen-bond acceptors (Lipinski definition) is 4. The number of para-hydroxylation sites is 1. The summed E-state index contributed by atoms with van der Waals surface area (Å²) in [6, 6.07) is 7.74. The second-order valence-electron chi connectivity index (χ2n) is 4.60. The number of nitrogens with zero attached hydrogens (tertiary/aromatic N) is 4. The summed E-state index contributed by atoms with van der Waals surface area (Å²) in [6.07, 6.45) is 2.35. The quantitative estimate of drug-likeness (QED) is 0.620. The number of hydrogen-bond donors (Lipinski definition) is 2. The van der Waals surface area contributed by atoms with Crippen molar-refractivity contribution in [3.8, 4) is 0 Å². The summed E-state index contributed by atoms with van der Waals surface area (Å²) in [5.41, 5.74) is 11.8. The summed E-state index contributed by atoms with van der Waals surface area (Å²) in [6.45, 7) is 1.97. The van der Waals surface area contributed by atoms with Gasteiger partial charge in [-0.3, -0.25) is 0 Å². The summed E-state index contributed by atoms with van der Waals surface area (Å²) < 4.78 is 0. The molecule has 1 aromatic heterocycles. The van der Waals surface area contributed by atoms with Crippen molar-refractivity contribution in [2.24, 2.45) is 16.5 Å². The molecule has 19 heavy (non-hydrogen) atoms. The van der Waals surface area contributed by atoms with Gasteiger partial charge < -0.3 is 16.4 Å². The molecule has 2 heterocycles. The number of rotatable bonds is 2. The summed E-state index contributed by atoms with van der Waals surface area (Å²) in [5.74, 6) is 1.25. The molecule has 1 aromatic carbocycles. The van der Waals surface area contributed by atoms with Gasteiger partial charge in [0.25, 0.3) is 0 Å². The number of nitrogens with two attached hydrogens (primary N) is 2. The zero-order valence-electron chi connectivity index (χ0n) is 10.6. The Bertz CT molecular complexity index is 626. The van der Waals surface area contributed by atoms with Crippen LogP contribution in [-0.2, 0) is 0 Å². The van der Waals surface area contributed by atoms with Gasteiger partial charge in [-0.1, -0.05) is 12.1 Å². The molecule has 0 radical (unpaired) electrons. The van der Waals surface area contributed by atoms with E-state index in [0.29, 0.717) is 11.8 Å². The Balaban J connectivity index is 2.17. The molecule has 0 spiro atoms. The van der Waals surface area contributed by atoms with Crippen molar-refractivity contribution in [3.63, 3.8) is 0 Å². The Hall–Kier alpha value is -2.37. The van der Waals surface area contributed by atoms with Crippen LogP contribution in [0, 0.1) is 0 Å². The van der Waals surface area contributed by atoms with Crippen LogP contribution in [0.2, 0.25) is 0 Å². The largest absolute Gasteiger partial charge is 0.370 e. The maximum atomic E-state index is 5.47. The van der Waals surface area contributed by atoms with Crippen LogP contribution in [0.15, 0.2) is 29.3 Å². The Morgan fingerprint density at radius 1 is 1.11 bits per heavy atom. The van der Waals surface area contributed by atoms with Crippen LogP contribution in [0.25, 0.3) is 10.9 Å². The lowest BCUT2D eigenvalue weighted by atomic mass is 10.2. The standard InChI is InChI=1S/C13H16N6/c14-12(15)17-11-9-5-1-2-6-10(9)16-13(18-11)19-7-3-4-8-19/h1-2,5-6H,3-4,7-8H2,(H4,14,15,16,17,18). The number of aliphatic imine (C=N–C) groups is 1. The van der Waals surface area contributed by atoms with Crippen molar-refractivity contribution in [3.05, 3.63) is 24.3 Å². The van der Waals surface area contributed by atoms with Gasteiger partial charge in [-0.05, 0) is 25.0 Å². The lowest BCUT2D eigenvalue weighted by molar-refractivity contribution is 0.907. The molecule has 98 valence electrons. The number of guanidine groups is 1. The number of anilines is 1. The Morgan fingerprint density at radius 3 is 2.58 bits per heavy atom. The number of benzene rings is 1. The molecule has 6 nitrogen and oxygen atoms in total. The van der Waals surface area contributed by atoms with Crippen LogP contribution in [0.3, 0.4) is 0 Å². The van der Waals surface area contributed by atoms with E-state index in [2.05, 4.69) is 19.9 Å². The maximum absolute atomic E-state index is 5.47. The van der Waals surface area contributed by atoms with Crippen molar-refractivity contribution in [1.82, 2.24) is 9.97 Å². The number of aromatic nitrogens is 2. The molecular formula is C13H16N6. The van der Waals surface area contributed by atoms with Gasteiger partial charge in [-0.15, -0.1) is 0 Å². The minimum Gasteiger partial charge on any atom is -0.370 e. The summed E-state index contributed by atoms with van der Waals surface area (Å²) in [4.78, 5) is 15.4. The highest BCUT2D eigenvalue weighted by atomic mass is 15.3. The Labute approximate surface area is 111 Å². The first kappa shape index (κ1) is 11.7. The average molecular weight is 256 g/mol. The van der Waals surface area contributed by atoms with Crippen LogP contribution in [-0.4, -0.2) is 29.0 Å². The molecule has 0 bridgehead atoms. The number of fused-ring (bicyclic) bond motifs is 1. The second-order valence-corrected chi connectivity index (χ2v) is 4.60. The molecule has 0 atom stereocenters. The van der Waals surface area contributed by atoms with Gasteiger partial charge in [-0.2, -0.15) is 9.98 Å². The topological polar surface area (TPSA) is 93.4 Å². The van der Waals surface area contributed by atoms with E-state index < -0.39 is 0 Å². The summed E-state index contributed by atoms with van der Waals surface area (Å²) in [7, 11) is 0. The third-order valence-corrected chi connectivity index (χ3v) is 3.20. The van der Waals surface area contributed by atoms with E-state index in [-0.39, 0.29) is 5.96 Å². The SMILES string of the molecule is NC(N)=Nc1nc(N2CCCC2)nc2ccccc12. The van der Waals surface area contributed by atoms with Gasteiger partial charge in [0.15, 0.2) is 11.8 Å². The van der Waals surface area contributed by atoms with E-state index in [1.807, 2.05) is 24.3 Å². The first-order valence-electron chi connectivity index (χ1n) is 6.35. The summed E-state index contributed by atoms with van der Waals surface area (Å²) >= 11 is 0. The lowest BCUT2D eigenvalue weighted by Gasteiger charge is -2.16. The minimum absolute atomic E-state index is 0.0104. The van der Waals surface area contributed by atoms with E-state index in [0.717, 1.165) is 24.0 Å². The van der Waals surface area contributed by atoms with E-state index in [4.69, 9.17) is 11.5 Å². The molecule has 1 saturated heterocycles. The Kier molecular flexibility index (Phi) is 2.91. The van der Waals surface area contributed by atoms with Crippen LogP contribution in [0.5, 0.6) is 0 Å². The molecule has 1 aliphatic heterocycles. The van der Waals surface area contributed by atoms with E-state index in [1.165, 1.54) is 12.8 Å². The fourth-order valence-corrected chi connectivity index (χ4v) is 2.31. The van der Waals surface area contributed by atoms with Gasteiger partial charge in [-0.25, -0.2) is 4.98 Å². The minimum atomic E-state index is 0.0104. The zero-order valence-corrected chi connectivity index (χ0v) is 10.6. The lowest BCUT2D eigenvalue weighted by Crippen LogP contribution is -2.23. The third kappa shape index (κ3) is 2.29. The smallest absolute Gasteiger partial charge is 0.227 e. The monoisotopic (exact) mass is 256 g/mol. The van der Waals surface area contributed by atoms with Crippen molar-refractivity contribution >= 4 is 28.6 Å². The third-order valence-electron chi connectivity index (χ3n) is 3.20. The van der Waals surface area contributed by atoms with E-state index >= 15 is 0 Å². The molecule has 0 unspecified atom stereocenters. The van der Waals surface area contributed by atoms with Crippen LogP contribution in [0.4, 0.5) is 11.8 Å². The van der Waals surface area contributed by atoms with Gasteiger partial charge >= 0.3 is 0 Å². The zero-order chi connectivity index (χ0) is 13.2. The highest BCUT2D eigenvalue weighted by Crippen LogP contribution is 2.26. The highest BCUT2D eigenvalue weighted by molar-refractivity contribution is 5.92. The fraction of sp³-hybridized carbons (Fsp3) is 0.308. The second kappa shape index (κ2) is 4.72. The molecule has 1 aliphatic rings.